The molecule has 1 saturated heterocycles. The van der Waals surface area contributed by atoms with E-state index in [1.165, 1.54) is 6.07 Å². The van der Waals surface area contributed by atoms with Crippen molar-refractivity contribution in [2.24, 2.45) is 0 Å². The molecule has 1 aromatic rings. The first kappa shape index (κ1) is 18.0. The Morgan fingerprint density at radius 3 is 2.74 bits per heavy atom. The lowest BCUT2D eigenvalue weighted by atomic mass is 9.97. The summed E-state index contributed by atoms with van der Waals surface area (Å²) in [5.41, 5.74) is 1.86. The molecular formula is C11H16F2N3O6P. The number of aliphatic hydroxyl groups excluding tert-OH is 1. The van der Waals surface area contributed by atoms with Crippen molar-refractivity contribution in [1.29, 1.82) is 0 Å². The van der Waals surface area contributed by atoms with Crippen molar-refractivity contribution in [2.45, 2.75) is 43.4 Å². The zero-order valence-electron chi connectivity index (χ0n) is 11.9. The molecule has 0 saturated carbocycles. The van der Waals surface area contributed by atoms with E-state index < -0.39 is 49.7 Å². The van der Waals surface area contributed by atoms with Crippen LogP contribution >= 0.6 is 7.60 Å². The fourth-order valence-corrected chi connectivity index (χ4v) is 2.82. The van der Waals surface area contributed by atoms with Crippen molar-refractivity contribution in [3.05, 3.63) is 22.7 Å². The normalized spacial score (nSPS) is 32.9. The number of rotatable bonds is 4. The average molecular weight is 355 g/mol. The molecule has 1 aliphatic rings. The number of anilines is 1. The van der Waals surface area contributed by atoms with Crippen LogP contribution in [0.3, 0.4) is 0 Å². The molecule has 9 nitrogen and oxygen atoms in total. The lowest BCUT2D eigenvalue weighted by Gasteiger charge is -2.24. The molecule has 23 heavy (non-hydrogen) atoms. The minimum atomic E-state index is -5.06. The average Bonchev–Trinajstić information content (AvgIpc) is 2.62. The molecule has 1 fully saturated rings. The predicted octanol–water partition coefficient (Wildman–Crippen LogP) is -0.325. The Balaban J connectivity index is 2.30. The Morgan fingerprint density at radius 2 is 2.22 bits per heavy atom. The topological polar surface area (TPSA) is 148 Å². The number of aliphatic hydroxyl groups is 1. The van der Waals surface area contributed by atoms with Crippen LogP contribution in [0.4, 0.5) is 14.6 Å². The highest BCUT2D eigenvalue weighted by Gasteiger charge is 2.56. The van der Waals surface area contributed by atoms with Gasteiger partial charge in [-0.05, 0) is 13.0 Å². The van der Waals surface area contributed by atoms with Gasteiger partial charge in [0, 0.05) is 12.6 Å². The standard InChI is InChI=1S/C11H16F2N3O6P/c1-11(13)8(17)5(4-6(12)23(19,20)21)22-9(11)16-3-2-7(14)15-10(16)18/h2-3,5-6,8-9,17H,4H2,1H3,(H2,14,15,18)(H2,19,20,21)/t5-,6?,8-,9-,11-/m1/s1. The molecule has 5 N–H and O–H groups in total. The van der Waals surface area contributed by atoms with Gasteiger partial charge in [-0.15, -0.1) is 0 Å². The minimum Gasteiger partial charge on any atom is -0.387 e. The van der Waals surface area contributed by atoms with E-state index in [1.54, 1.807) is 0 Å². The maximum absolute atomic E-state index is 14.7. The molecule has 0 amide bonds. The van der Waals surface area contributed by atoms with E-state index in [-0.39, 0.29) is 5.82 Å². The number of halogens is 2. The third kappa shape index (κ3) is 3.43. The molecule has 1 aromatic heterocycles. The summed E-state index contributed by atoms with van der Waals surface area (Å²) in [5, 5.41) is 9.93. The summed E-state index contributed by atoms with van der Waals surface area (Å²) < 4.78 is 44.9. The summed E-state index contributed by atoms with van der Waals surface area (Å²) in [6.07, 6.45) is -4.94. The van der Waals surface area contributed by atoms with Crippen LogP contribution in [0.15, 0.2) is 17.1 Å². The van der Waals surface area contributed by atoms with Gasteiger partial charge in [-0.25, -0.2) is 13.6 Å². The molecule has 0 aliphatic carbocycles. The third-order valence-corrected chi connectivity index (χ3v) is 4.55. The highest BCUT2D eigenvalue weighted by atomic mass is 31.2. The molecule has 1 unspecified atom stereocenters. The minimum absolute atomic E-state index is 0.104. The van der Waals surface area contributed by atoms with Gasteiger partial charge in [0.15, 0.2) is 11.9 Å². The maximum atomic E-state index is 14.7. The van der Waals surface area contributed by atoms with Crippen molar-refractivity contribution in [2.75, 3.05) is 5.73 Å². The quantitative estimate of drug-likeness (QED) is 0.537. The molecular weight excluding hydrogens is 339 g/mol. The summed E-state index contributed by atoms with van der Waals surface area (Å²) >= 11 is 0. The number of nitrogens with zero attached hydrogens (tertiary/aromatic N) is 2. The van der Waals surface area contributed by atoms with Gasteiger partial charge in [0.05, 0.1) is 6.10 Å². The van der Waals surface area contributed by atoms with Crippen LogP contribution in [-0.2, 0) is 9.30 Å². The fourth-order valence-electron chi connectivity index (χ4n) is 2.34. The number of aromatic nitrogens is 2. The lowest BCUT2D eigenvalue weighted by Crippen LogP contribution is -2.42. The van der Waals surface area contributed by atoms with E-state index in [2.05, 4.69) is 4.98 Å². The van der Waals surface area contributed by atoms with Gasteiger partial charge in [0.2, 0.25) is 5.91 Å². The SMILES string of the molecule is C[C@@]1(F)[C@H](O)[C@@H](CC(F)P(=O)(O)O)O[C@H]1n1ccc(N)nc1=O. The van der Waals surface area contributed by atoms with Gasteiger partial charge in [0.25, 0.3) is 0 Å². The molecule has 0 spiro atoms. The van der Waals surface area contributed by atoms with Crippen molar-refractivity contribution >= 4 is 13.4 Å². The third-order valence-electron chi connectivity index (χ3n) is 3.61. The summed E-state index contributed by atoms with van der Waals surface area (Å²) in [6, 6.07) is 1.20. The van der Waals surface area contributed by atoms with Gasteiger partial charge in [-0.2, -0.15) is 4.98 Å². The maximum Gasteiger partial charge on any atom is 0.359 e. The number of ether oxygens (including phenoxy) is 1. The van der Waals surface area contributed by atoms with E-state index in [0.29, 0.717) is 0 Å². The van der Waals surface area contributed by atoms with Gasteiger partial charge in [-0.3, -0.25) is 9.13 Å². The number of nitrogen functional groups attached to an aromatic ring is 1. The highest BCUT2D eigenvalue weighted by Crippen LogP contribution is 2.48. The van der Waals surface area contributed by atoms with Crippen molar-refractivity contribution in [1.82, 2.24) is 9.55 Å². The van der Waals surface area contributed by atoms with Crippen molar-refractivity contribution in [3.63, 3.8) is 0 Å². The predicted molar refractivity (Wildman–Crippen MR) is 73.9 cm³/mol. The van der Waals surface area contributed by atoms with Crippen LogP contribution in [0.25, 0.3) is 0 Å². The van der Waals surface area contributed by atoms with Crippen molar-refractivity contribution < 1.29 is 33.0 Å². The lowest BCUT2D eigenvalue weighted by molar-refractivity contribution is -0.0539. The monoisotopic (exact) mass is 355 g/mol. The smallest absolute Gasteiger partial charge is 0.359 e. The van der Waals surface area contributed by atoms with E-state index >= 15 is 0 Å². The Labute approximate surface area is 128 Å². The van der Waals surface area contributed by atoms with Crippen molar-refractivity contribution in [3.8, 4) is 0 Å². The molecule has 12 heteroatoms. The van der Waals surface area contributed by atoms with Crippen LogP contribution in [0, 0.1) is 0 Å². The highest BCUT2D eigenvalue weighted by molar-refractivity contribution is 7.52. The van der Waals surface area contributed by atoms with Gasteiger partial charge >= 0.3 is 13.3 Å². The number of hydrogen-bond acceptors (Lipinski definition) is 6. The Morgan fingerprint density at radius 1 is 1.61 bits per heavy atom. The molecule has 1 aliphatic heterocycles. The molecule has 130 valence electrons. The van der Waals surface area contributed by atoms with Crippen LogP contribution in [0.1, 0.15) is 19.6 Å². The Bertz CT molecular complexity index is 693. The molecule has 0 radical (unpaired) electrons. The van der Waals surface area contributed by atoms with Crippen LogP contribution in [0.2, 0.25) is 0 Å². The van der Waals surface area contributed by atoms with E-state index in [1.807, 2.05) is 0 Å². The van der Waals surface area contributed by atoms with E-state index in [0.717, 1.165) is 17.7 Å². The van der Waals surface area contributed by atoms with E-state index in [4.69, 9.17) is 20.3 Å². The largest absolute Gasteiger partial charge is 0.387 e. The second-order valence-electron chi connectivity index (χ2n) is 5.42. The van der Waals surface area contributed by atoms with Crippen LogP contribution in [-0.4, -0.2) is 48.2 Å². The number of nitrogens with two attached hydrogens (primary N) is 1. The molecule has 2 heterocycles. The van der Waals surface area contributed by atoms with E-state index in [9.17, 15) is 23.2 Å². The summed E-state index contributed by atoms with van der Waals surface area (Å²) in [6.45, 7) is 0.926. The molecule has 2 rings (SSSR count). The second kappa shape index (κ2) is 5.91. The summed E-state index contributed by atoms with van der Waals surface area (Å²) in [5.74, 6) is -2.73. The van der Waals surface area contributed by atoms with Gasteiger partial charge in [-0.1, -0.05) is 0 Å². The fraction of sp³-hybridized carbons (Fsp3) is 0.636. The first-order chi connectivity index (χ1) is 10.4. The van der Waals surface area contributed by atoms with Crippen LogP contribution in [0.5, 0.6) is 0 Å². The summed E-state index contributed by atoms with van der Waals surface area (Å²) in [4.78, 5) is 32.6. The van der Waals surface area contributed by atoms with Gasteiger partial charge < -0.3 is 25.4 Å². The summed E-state index contributed by atoms with van der Waals surface area (Å²) in [7, 11) is -5.06. The second-order valence-corrected chi connectivity index (χ2v) is 7.16. The molecule has 0 aromatic carbocycles. The zero-order valence-corrected chi connectivity index (χ0v) is 12.8. The Hall–Kier alpha value is -1.39. The number of hydrogen-bond donors (Lipinski definition) is 4. The first-order valence-electron chi connectivity index (χ1n) is 6.51. The van der Waals surface area contributed by atoms with Crippen LogP contribution < -0.4 is 11.4 Å². The molecule has 0 bridgehead atoms. The van der Waals surface area contributed by atoms with Gasteiger partial charge in [0.1, 0.15) is 11.9 Å². The zero-order chi connectivity index (χ0) is 17.6. The molecule has 5 atom stereocenters. The Kier molecular flexibility index (Phi) is 4.62. The number of alkyl halides is 2. The first-order valence-corrected chi connectivity index (χ1v) is 8.19.